The number of aromatic nitrogens is 1. The van der Waals surface area contributed by atoms with E-state index in [1.165, 1.54) is 7.11 Å². The molecule has 0 radical (unpaired) electrons. The number of esters is 1. The molecular formula is C14H18N2O3. The summed E-state index contributed by atoms with van der Waals surface area (Å²) in [6.07, 6.45) is 4.76. The van der Waals surface area contributed by atoms with Crippen molar-refractivity contribution >= 4 is 18.0 Å². The molecule has 5 heteroatoms. The van der Waals surface area contributed by atoms with Gasteiger partial charge in [-0.25, -0.2) is 4.79 Å². The number of amides is 1. The monoisotopic (exact) mass is 262 g/mol. The van der Waals surface area contributed by atoms with Crippen molar-refractivity contribution in [2.75, 3.05) is 7.11 Å². The molecule has 1 N–H and O–H groups in total. The van der Waals surface area contributed by atoms with Gasteiger partial charge in [-0.15, -0.1) is 0 Å². The molecule has 0 bridgehead atoms. The number of rotatable bonds is 3. The molecule has 0 saturated carbocycles. The fourth-order valence-corrected chi connectivity index (χ4v) is 1.19. The van der Waals surface area contributed by atoms with Gasteiger partial charge in [0.25, 0.3) is 0 Å². The molecule has 1 aromatic heterocycles. The Kier molecular flexibility index (Phi) is 4.80. The third kappa shape index (κ3) is 4.54. The minimum atomic E-state index is -0.592. The number of pyridine rings is 1. The van der Waals surface area contributed by atoms with Crippen LogP contribution in [0.3, 0.4) is 0 Å². The Morgan fingerprint density at radius 1 is 1.26 bits per heavy atom. The maximum atomic E-state index is 11.9. The minimum Gasteiger partial charge on any atom is -0.464 e. The predicted molar refractivity (Wildman–Crippen MR) is 71.8 cm³/mol. The van der Waals surface area contributed by atoms with Gasteiger partial charge in [-0.1, -0.05) is 20.8 Å². The number of ether oxygens (including phenoxy) is 1. The van der Waals surface area contributed by atoms with Crippen molar-refractivity contribution in [2.24, 2.45) is 5.41 Å². The number of carbonyl (C=O) groups excluding carboxylic acids is 2. The molecule has 1 amide bonds. The molecule has 1 aromatic rings. The van der Waals surface area contributed by atoms with E-state index in [1.807, 2.05) is 0 Å². The molecule has 0 saturated heterocycles. The van der Waals surface area contributed by atoms with Crippen molar-refractivity contribution in [2.45, 2.75) is 20.8 Å². The number of nitrogens with zero attached hydrogens (tertiary/aromatic N) is 1. The Morgan fingerprint density at radius 2 is 1.84 bits per heavy atom. The lowest BCUT2D eigenvalue weighted by molar-refractivity contribution is -0.138. The molecular weight excluding hydrogens is 244 g/mol. The molecule has 0 spiro atoms. The zero-order chi connectivity index (χ0) is 14.5. The maximum Gasteiger partial charge on any atom is 0.354 e. The third-order valence-corrected chi connectivity index (χ3v) is 2.35. The summed E-state index contributed by atoms with van der Waals surface area (Å²) in [4.78, 5) is 27.5. The van der Waals surface area contributed by atoms with E-state index in [-0.39, 0.29) is 11.6 Å². The van der Waals surface area contributed by atoms with Crippen LogP contribution in [0.1, 0.15) is 26.3 Å². The highest BCUT2D eigenvalue weighted by atomic mass is 16.5. The highest BCUT2D eigenvalue weighted by molar-refractivity contribution is 5.98. The van der Waals surface area contributed by atoms with Gasteiger partial charge in [-0.2, -0.15) is 0 Å². The second kappa shape index (κ2) is 6.13. The van der Waals surface area contributed by atoms with Gasteiger partial charge < -0.3 is 10.1 Å². The molecule has 1 heterocycles. The highest BCUT2D eigenvalue weighted by Crippen LogP contribution is 2.14. The summed E-state index contributed by atoms with van der Waals surface area (Å²) in [5, 5.41) is 2.58. The third-order valence-electron chi connectivity index (χ3n) is 2.35. The summed E-state index contributed by atoms with van der Waals surface area (Å²) in [6.45, 7) is 5.30. The number of carbonyl (C=O) groups is 2. The van der Waals surface area contributed by atoms with Gasteiger partial charge in [-0.05, 0) is 23.8 Å². The molecule has 0 atom stereocenters. The quantitative estimate of drug-likeness (QED) is 0.665. The Morgan fingerprint density at radius 3 is 2.32 bits per heavy atom. The topological polar surface area (TPSA) is 68.3 Å². The van der Waals surface area contributed by atoms with Gasteiger partial charge in [-0.3, -0.25) is 9.78 Å². The van der Waals surface area contributed by atoms with Crippen LogP contribution in [-0.2, 0) is 14.3 Å². The lowest BCUT2D eigenvalue weighted by Crippen LogP contribution is -2.36. The Balaban J connectivity index is 3.00. The van der Waals surface area contributed by atoms with Crippen molar-refractivity contribution in [3.8, 4) is 0 Å². The number of methoxy groups -OCH3 is 1. The first-order chi connectivity index (χ1) is 8.84. The number of hydrogen-bond donors (Lipinski definition) is 1. The van der Waals surface area contributed by atoms with Gasteiger partial charge in [0.15, 0.2) is 0 Å². The molecule has 0 unspecified atom stereocenters. The average molecular weight is 262 g/mol. The summed E-state index contributed by atoms with van der Waals surface area (Å²) in [5.41, 5.74) is 0.268. The van der Waals surface area contributed by atoms with Gasteiger partial charge in [0.1, 0.15) is 5.70 Å². The normalized spacial score (nSPS) is 11.9. The first kappa shape index (κ1) is 14.9. The van der Waals surface area contributed by atoms with Crippen LogP contribution in [0.25, 0.3) is 6.08 Å². The predicted octanol–water partition coefficient (Wildman–Crippen LogP) is 1.76. The van der Waals surface area contributed by atoms with Crippen molar-refractivity contribution in [1.82, 2.24) is 10.3 Å². The number of hydrogen-bond acceptors (Lipinski definition) is 4. The summed E-state index contributed by atoms with van der Waals surface area (Å²) in [5.74, 6) is -0.840. The van der Waals surface area contributed by atoms with E-state index in [2.05, 4.69) is 15.0 Å². The highest BCUT2D eigenvalue weighted by Gasteiger charge is 2.24. The lowest BCUT2D eigenvalue weighted by Gasteiger charge is -2.18. The molecule has 1 rings (SSSR count). The van der Waals surface area contributed by atoms with E-state index in [9.17, 15) is 9.59 Å². The summed E-state index contributed by atoms with van der Waals surface area (Å²) in [7, 11) is 1.27. The number of nitrogens with one attached hydrogen (secondary N) is 1. The molecule has 0 aromatic carbocycles. The van der Waals surface area contributed by atoms with Crippen molar-refractivity contribution in [3.63, 3.8) is 0 Å². The first-order valence-corrected chi connectivity index (χ1v) is 5.86. The van der Waals surface area contributed by atoms with Crippen molar-refractivity contribution in [3.05, 3.63) is 35.8 Å². The Hall–Kier alpha value is -2.17. The molecule has 0 aliphatic heterocycles. The SMILES string of the molecule is COC(=O)/C(=C/c1ccncc1)NC(=O)C(C)(C)C. The Labute approximate surface area is 112 Å². The molecule has 102 valence electrons. The van der Waals surface area contributed by atoms with Crippen LogP contribution in [0.2, 0.25) is 0 Å². The zero-order valence-electron chi connectivity index (χ0n) is 11.6. The van der Waals surface area contributed by atoms with E-state index in [0.717, 1.165) is 5.56 Å². The largest absolute Gasteiger partial charge is 0.464 e. The van der Waals surface area contributed by atoms with Crippen LogP contribution in [0, 0.1) is 5.41 Å². The van der Waals surface area contributed by atoms with Gasteiger partial charge >= 0.3 is 5.97 Å². The molecule has 5 nitrogen and oxygen atoms in total. The van der Waals surface area contributed by atoms with Crippen LogP contribution < -0.4 is 5.32 Å². The molecule has 0 fully saturated rings. The standard InChI is InChI=1S/C14H18N2O3/c1-14(2,3)13(18)16-11(12(17)19-4)9-10-5-7-15-8-6-10/h5-9H,1-4H3,(H,16,18)/b11-9-. The van der Waals surface area contributed by atoms with E-state index in [0.29, 0.717) is 0 Å². The molecule has 19 heavy (non-hydrogen) atoms. The summed E-state index contributed by atoms with van der Waals surface area (Å²) < 4.78 is 4.66. The lowest BCUT2D eigenvalue weighted by atomic mass is 9.95. The van der Waals surface area contributed by atoms with Crippen molar-refractivity contribution in [1.29, 1.82) is 0 Å². The van der Waals surface area contributed by atoms with Crippen LogP contribution in [0.5, 0.6) is 0 Å². The van der Waals surface area contributed by atoms with Crippen LogP contribution in [-0.4, -0.2) is 24.0 Å². The van der Waals surface area contributed by atoms with Crippen LogP contribution in [0.15, 0.2) is 30.2 Å². The Bertz CT molecular complexity index is 487. The maximum absolute atomic E-state index is 11.9. The molecule has 0 aliphatic carbocycles. The van der Waals surface area contributed by atoms with E-state index >= 15 is 0 Å². The zero-order valence-corrected chi connectivity index (χ0v) is 11.6. The van der Waals surface area contributed by atoms with Gasteiger partial charge in [0.2, 0.25) is 5.91 Å². The fraction of sp³-hybridized carbons (Fsp3) is 0.357. The van der Waals surface area contributed by atoms with E-state index < -0.39 is 11.4 Å². The fourth-order valence-electron chi connectivity index (χ4n) is 1.19. The second-order valence-corrected chi connectivity index (χ2v) is 5.03. The van der Waals surface area contributed by atoms with Crippen molar-refractivity contribution < 1.29 is 14.3 Å². The van der Waals surface area contributed by atoms with Crippen LogP contribution >= 0.6 is 0 Å². The van der Waals surface area contributed by atoms with Crippen LogP contribution in [0.4, 0.5) is 0 Å². The molecule has 0 aliphatic rings. The van der Waals surface area contributed by atoms with Gasteiger partial charge in [0.05, 0.1) is 7.11 Å². The average Bonchev–Trinajstić information content (AvgIpc) is 2.37. The smallest absolute Gasteiger partial charge is 0.354 e. The summed E-state index contributed by atoms with van der Waals surface area (Å²) in [6, 6.07) is 3.46. The van der Waals surface area contributed by atoms with E-state index in [1.54, 1.807) is 51.4 Å². The minimum absolute atomic E-state index is 0.105. The first-order valence-electron chi connectivity index (χ1n) is 5.86. The van der Waals surface area contributed by atoms with E-state index in [4.69, 9.17) is 0 Å². The second-order valence-electron chi connectivity index (χ2n) is 5.03. The van der Waals surface area contributed by atoms with Gasteiger partial charge in [0, 0.05) is 17.8 Å². The summed E-state index contributed by atoms with van der Waals surface area (Å²) >= 11 is 0.